The Labute approximate surface area is 231 Å². The largest absolute Gasteiger partial charge is 0.355 e. The number of carbonyl (C=O) groups is 2. The smallest absolute Gasteiger partial charge is 0.256 e. The van der Waals surface area contributed by atoms with Gasteiger partial charge in [0, 0.05) is 49.0 Å². The van der Waals surface area contributed by atoms with Crippen molar-refractivity contribution in [2.24, 2.45) is 0 Å². The number of nitrogens with one attached hydrogen (secondary N) is 1. The van der Waals surface area contributed by atoms with Crippen molar-refractivity contribution >= 4 is 28.8 Å². The number of thiazole rings is 1. The van der Waals surface area contributed by atoms with Crippen molar-refractivity contribution in [1.82, 2.24) is 20.3 Å². The summed E-state index contributed by atoms with van der Waals surface area (Å²) in [7, 11) is 1.82. The summed E-state index contributed by atoms with van der Waals surface area (Å²) in [6, 6.07) is 14.4. The standard InChI is InChI=1S/C29H37N5O2S.CH4/c1-5-6-9-14-30-27(35)18-33(26-15-23(13-12-21(26)2)29-31-22(3)20-37-29)19-28(36)32(4)34-16-24-10-7-8-11-25(24)17-34;/h7-8,10-13,15,20H,5-6,9,14,16-19H2,1-4H3,(H,30,35);1H4. The minimum atomic E-state index is -0.0740. The quantitative estimate of drug-likeness (QED) is 0.325. The number of nitrogens with zero attached hydrogens (tertiary/aromatic N) is 4. The fraction of sp³-hybridized carbons (Fsp3) is 0.433. The summed E-state index contributed by atoms with van der Waals surface area (Å²) in [6.07, 6.45) is 3.14. The maximum absolute atomic E-state index is 13.5. The van der Waals surface area contributed by atoms with Crippen LogP contribution in [0.1, 0.15) is 56.0 Å². The van der Waals surface area contributed by atoms with Gasteiger partial charge < -0.3 is 10.2 Å². The van der Waals surface area contributed by atoms with Crippen LogP contribution < -0.4 is 10.2 Å². The van der Waals surface area contributed by atoms with Gasteiger partial charge in [0.15, 0.2) is 0 Å². The second-order valence-corrected chi connectivity index (χ2v) is 10.6. The van der Waals surface area contributed by atoms with E-state index in [1.807, 2.05) is 49.4 Å². The van der Waals surface area contributed by atoms with E-state index in [0.717, 1.165) is 46.8 Å². The first kappa shape index (κ1) is 29.3. The second kappa shape index (κ2) is 13.5. The zero-order valence-electron chi connectivity index (χ0n) is 22.3. The molecule has 1 aliphatic heterocycles. The van der Waals surface area contributed by atoms with Gasteiger partial charge in [0.1, 0.15) is 5.01 Å². The molecule has 2 heterocycles. The minimum Gasteiger partial charge on any atom is -0.355 e. The molecule has 204 valence electrons. The third-order valence-corrected chi connectivity index (χ3v) is 7.80. The topological polar surface area (TPSA) is 68.8 Å². The lowest BCUT2D eigenvalue weighted by molar-refractivity contribution is -0.145. The van der Waals surface area contributed by atoms with Crippen molar-refractivity contribution in [3.8, 4) is 10.6 Å². The van der Waals surface area contributed by atoms with E-state index in [1.54, 1.807) is 16.3 Å². The Kier molecular flexibility index (Phi) is 10.4. The number of anilines is 1. The second-order valence-electron chi connectivity index (χ2n) is 9.72. The van der Waals surface area contributed by atoms with Crippen LogP contribution >= 0.6 is 11.3 Å². The van der Waals surface area contributed by atoms with Crippen LogP contribution in [0.4, 0.5) is 5.69 Å². The van der Waals surface area contributed by atoms with E-state index in [1.165, 1.54) is 11.1 Å². The van der Waals surface area contributed by atoms with Crippen LogP contribution in [0, 0.1) is 13.8 Å². The van der Waals surface area contributed by atoms with E-state index >= 15 is 0 Å². The van der Waals surface area contributed by atoms with Crippen LogP contribution in [-0.2, 0) is 22.7 Å². The van der Waals surface area contributed by atoms with Crippen LogP contribution in [0.2, 0.25) is 0 Å². The lowest BCUT2D eigenvalue weighted by Crippen LogP contribution is -2.48. The lowest BCUT2D eigenvalue weighted by Gasteiger charge is -2.32. The first-order valence-electron chi connectivity index (χ1n) is 13.0. The van der Waals surface area contributed by atoms with Crippen molar-refractivity contribution in [1.29, 1.82) is 0 Å². The van der Waals surface area contributed by atoms with Crippen molar-refractivity contribution in [2.75, 3.05) is 31.6 Å². The molecule has 4 rings (SSSR count). The number of rotatable bonds is 11. The highest BCUT2D eigenvalue weighted by atomic mass is 32.1. The molecule has 1 N–H and O–H groups in total. The molecular weight excluding hydrogens is 494 g/mol. The third-order valence-electron chi connectivity index (χ3n) is 6.79. The van der Waals surface area contributed by atoms with Crippen molar-refractivity contribution < 1.29 is 9.59 Å². The normalized spacial score (nSPS) is 12.5. The van der Waals surface area contributed by atoms with Gasteiger partial charge in [-0.2, -0.15) is 0 Å². The fourth-order valence-corrected chi connectivity index (χ4v) is 5.37. The van der Waals surface area contributed by atoms with Gasteiger partial charge in [-0.25, -0.2) is 9.99 Å². The SMILES string of the molecule is C.CCCCCNC(=O)CN(CC(=O)N(C)N1Cc2ccccc2C1)c1cc(-c2nc(C)cs2)ccc1C. The molecule has 0 radical (unpaired) electrons. The number of hydrazine groups is 1. The van der Waals surface area contributed by atoms with Gasteiger partial charge in [0.05, 0.1) is 13.1 Å². The van der Waals surface area contributed by atoms with Gasteiger partial charge in [-0.05, 0) is 43.0 Å². The molecule has 2 amide bonds. The summed E-state index contributed by atoms with van der Waals surface area (Å²) >= 11 is 1.60. The molecule has 38 heavy (non-hydrogen) atoms. The summed E-state index contributed by atoms with van der Waals surface area (Å²) in [4.78, 5) is 33.0. The number of unbranched alkanes of at least 4 members (excludes halogenated alkanes) is 2. The Balaban J connectivity index is 0.00000400. The van der Waals surface area contributed by atoms with Crippen LogP contribution in [0.5, 0.6) is 0 Å². The molecule has 0 fully saturated rings. The number of amides is 2. The molecular formula is C30H41N5O2S. The Morgan fingerprint density at radius 1 is 1.05 bits per heavy atom. The van der Waals surface area contributed by atoms with Gasteiger partial charge in [-0.1, -0.05) is 63.6 Å². The summed E-state index contributed by atoms with van der Waals surface area (Å²) < 4.78 is 0. The number of hydrogen-bond donors (Lipinski definition) is 1. The molecule has 2 aromatic carbocycles. The average molecular weight is 536 g/mol. The van der Waals surface area contributed by atoms with Gasteiger partial charge in [0.2, 0.25) is 5.91 Å². The summed E-state index contributed by atoms with van der Waals surface area (Å²) in [5.74, 6) is -0.128. The highest BCUT2D eigenvalue weighted by Gasteiger charge is 2.27. The number of carbonyl (C=O) groups excluding carboxylic acids is 2. The van der Waals surface area contributed by atoms with Crippen LogP contribution in [-0.4, -0.2) is 53.5 Å². The number of hydrogen-bond acceptors (Lipinski definition) is 6. The Morgan fingerprint density at radius 2 is 1.76 bits per heavy atom. The van der Waals surface area contributed by atoms with Crippen molar-refractivity contribution in [2.45, 2.75) is 60.5 Å². The zero-order chi connectivity index (χ0) is 26.4. The number of benzene rings is 2. The molecule has 1 aromatic heterocycles. The maximum Gasteiger partial charge on any atom is 0.256 e. The Morgan fingerprint density at radius 3 is 2.39 bits per heavy atom. The Hall–Kier alpha value is -3.23. The number of aromatic nitrogens is 1. The molecule has 0 bridgehead atoms. The third kappa shape index (κ3) is 7.20. The minimum absolute atomic E-state index is 0. The monoisotopic (exact) mass is 535 g/mol. The van der Waals surface area contributed by atoms with Gasteiger partial charge in [-0.3, -0.25) is 14.6 Å². The van der Waals surface area contributed by atoms with Crippen molar-refractivity contribution in [3.63, 3.8) is 0 Å². The molecule has 8 heteroatoms. The highest BCUT2D eigenvalue weighted by Crippen LogP contribution is 2.30. The van der Waals surface area contributed by atoms with Crippen LogP contribution in [0.3, 0.4) is 0 Å². The fourth-order valence-electron chi connectivity index (χ4n) is 4.58. The molecule has 0 unspecified atom stereocenters. The molecule has 3 aromatic rings. The predicted molar refractivity (Wildman–Crippen MR) is 157 cm³/mol. The highest BCUT2D eigenvalue weighted by molar-refractivity contribution is 7.13. The van der Waals surface area contributed by atoms with E-state index in [-0.39, 0.29) is 32.3 Å². The van der Waals surface area contributed by atoms with E-state index in [9.17, 15) is 9.59 Å². The molecule has 1 aliphatic rings. The number of likely N-dealkylation sites (N-methyl/N-ethyl adjacent to an activating group) is 1. The zero-order valence-corrected chi connectivity index (χ0v) is 23.1. The van der Waals surface area contributed by atoms with Gasteiger partial charge in [-0.15, -0.1) is 11.3 Å². The molecule has 0 aliphatic carbocycles. The average Bonchev–Trinajstić information content (AvgIpc) is 3.52. The van der Waals surface area contributed by atoms with E-state index in [4.69, 9.17) is 0 Å². The molecule has 7 nitrogen and oxygen atoms in total. The summed E-state index contributed by atoms with van der Waals surface area (Å²) in [6.45, 7) is 8.42. The lowest BCUT2D eigenvalue weighted by atomic mass is 10.1. The van der Waals surface area contributed by atoms with E-state index < -0.39 is 0 Å². The molecule has 0 saturated carbocycles. The molecule has 0 saturated heterocycles. The Bertz CT molecular complexity index is 1220. The number of aryl methyl sites for hydroxylation is 2. The van der Waals surface area contributed by atoms with E-state index in [2.05, 4.69) is 46.5 Å². The van der Waals surface area contributed by atoms with E-state index in [0.29, 0.717) is 19.6 Å². The predicted octanol–water partition coefficient (Wildman–Crippen LogP) is 5.57. The van der Waals surface area contributed by atoms with Crippen molar-refractivity contribution in [3.05, 3.63) is 70.2 Å². The number of fused-ring (bicyclic) bond motifs is 1. The van der Waals surface area contributed by atoms with Gasteiger partial charge >= 0.3 is 0 Å². The first-order valence-corrected chi connectivity index (χ1v) is 13.9. The van der Waals surface area contributed by atoms with Crippen LogP contribution in [0.25, 0.3) is 10.6 Å². The summed E-state index contributed by atoms with van der Waals surface area (Å²) in [5, 5.41) is 9.75. The van der Waals surface area contributed by atoms with Gasteiger partial charge in [0.25, 0.3) is 5.91 Å². The molecule has 0 atom stereocenters. The van der Waals surface area contributed by atoms with Crippen LogP contribution in [0.15, 0.2) is 47.8 Å². The maximum atomic E-state index is 13.5. The first-order chi connectivity index (χ1) is 17.9. The molecule has 0 spiro atoms. The summed E-state index contributed by atoms with van der Waals surface area (Å²) in [5.41, 5.74) is 6.34.